The second-order valence-electron chi connectivity index (χ2n) is 5.94. The Morgan fingerprint density at radius 3 is 2.45 bits per heavy atom. The molecule has 1 aliphatic carbocycles. The molecule has 0 spiro atoms. The number of urea groups is 1. The first-order chi connectivity index (χ1) is 9.52. The number of carbonyl (C=O) groups excluding carboxylic acids is 2. The van der Waals surface area contributed by atoms with Crippen molar-refractivity contribution in [3.05, 3.63) is 0 Å². The van der Waals surface area contributed by atoms with Crippen LogP contribution in [0.1, 0.15) is 52.9 Å². The Morgan fingerprint density at radius 1 is 1.20 bits per heavy atom. The molecule has 0 aromatic rings. The number of carbonyl (C=O) groups is 2. The van der Waals surface area contributed by atoms with E-state index < -0.39 is 6.03 Å². The Hall–Kier alpha value is -1.10. The minimum absolute atomic E-state index is 0.270. The number of rotatable bonds is 6. The van der Waals surface area contributed by atoms with Crippen LogP contribution >= 0.6 is 0 Å². The second-order valence-corrected chi connectivity index (χ2v) is 5.94. The fourth-order valence-electron chi connectivity index (χ4n) is 2.64. The normalized spacial score (nSPS) is 23.9. The topological polar surface area (TPSA) is 70.2 Å². The Balaban J connectivity index is 2.14. The van der Waals surface area contributed by atoms with Crippen molar-refractivity contribution >= 4 is 11.9 Å². The van der Waals surface area contributed by atoms with Gasteiger partial charge in [-0.1, -0.05) is 32.6 Å². The molecule has 0 aliphatic heterocycles. The maximum atomic E-state index is 11.7. The van der Waals surface area contributed by atoms with Crippen molar-refractivity contribution in [1.29, 1.82) is 0 Å². The smallest absolute Gasteiger partial charge is 0.321 e. The van der Waals surface area contributed by atoms with Gasteiger partial charge in [0.05, 0.1) is 6.04 Å². The SMILES string of the molecule is CCNC(=O)NC(=O)C(C)NCCC1CCC(C)CC1. The fraction of sp³-hybridized carbons (Fsp3) is 0.867. The highest BCUT2D eigenvalue weighted by atomic mass is 16.2. The zero-order valence-corrected chi connectivity index (χ0v) is 13.0. The molecule has 0 aromatic heterocycles. The molecule has 1 aliphatic rings. The summed E-state index contributed by atoms with van der Waals surface area (Å²) in [6.45, 7) is 7.28. The Kier molecular flexibility index (Phi) is 7.59. The van der Waals surface area contributed by atoms with Gasteiger partial charge in [0.25, 0.3) is 0 Å². The molecule has 1 atom stereocenters. The molecular formula is C15H29N3O2. The van der Waals surface area contributed by atoms with E-state index in [4.69, 9.17) is 0 Å². The van der Waals surface area contributed by atoms with Gasteiger partial charge < -0.3 is 10.6 Å². The maximum Gasteiger partial charge on any atom is 0.321 e. The summed E-state index contributed by atoms with van der Waals surface area (Å²) in [6, 6.07) is -0.757. The summed E-state index contributed by atoms with van der Waals surface area (Å²) in [5, 5.41) is 8.06. The van der Waals surface area contributed by atoms with Crippen molar-refractivity contribution < 1.29 is 9.59 Å². The van der Waals surface area contributed by atoms with Gasteiger partial charge in [-0.2, -0.15) is 0 Å². The second kappa shape index (κ2) is 8.95. The van der Waals surface area contributed by atoms with Crippen molar-refractivity contribution in [3.8, 4) is 0 Å². The summed E-state index contributed by atoms with van der Waals surface area (Å²) in [5.41, 5.74) is 0. The molecule has 0 heterocycles. The molecule has 3 N–H and O–H groups in total. The first kappa shape index (κ1) is 17.0. The van der Waals surface area contributed by atoms with Gasteiger partial charge in [0.2, 0.25) is 5.91 Å². The molecule has 1 rings (SSSR count). The van der Waals surface area contributed by atoms with Crippen LogP contribution < -0.4 is 16.0 Å². The van der Waals surface area contributed by atoms with Crippen LogP contribution in [0.15, 0.2) is 0 Å². The van der Waals surface area contributed by atoms with Crippen LogP contribution in [0.2, 0.25) is 0 Å². The summed E-state index contributed by atoms with van der Waals surface area (Å²) < 4.78 is 0. The van der Waals surface area contributed by atoms with Crippen LogP contribution in [0.25, 0.3) is 0 Å². The third-order valence-electron chi connectivity index (χ3n) is 4.11. The van der Waals surface area contributed by atoms with E-state index in [0.717, 1.165) is 24.8 Å². The zero-order chi connectivity index (χ0) is 15.0. The van der Waals surface area contributed by atoms with Gasteiger partial charge >= 0.3 is 6.03 Å². The monoisotopic (exact) mass is 283 g/mol. The van der Waals surface area contributed by atoms with E-state index in [1.54, 1.807) is 6.92 Å². The van der Waals surface area contributed by atoms with Crippen molar-refractivity contribution in [2.45, 2.75) is 58.9 Å². The summed E-state index contributed by atoms with van der Waals surface area (Å²) in [6.07, 6.45) is 6.39. The lowest BCUT2D eigenvalue weighted by Gasteiger charge is -2.26. The number of imide groups is 1. The van der Waals surface area contributed by atoms with Crippen LogP contribution in [0.3, 0.4) is 0 Å². The van der Waals surface area contributed by atoms with Gasteiger partial charge in [0.1, 0.15) is 0 Å². The van der Waals surface area contributed by atoms with E-state index in [1.165, 1.54) is 25.7 Å². The number of nitrogens with one attached hydrogen (secondary N) is 3. The maximum absolute atomic E-state index is 11.7. The van der Waals surface area contributed by atoms with Gasteiger partial charge in [0.15, 0.2) is 0 Å². The van der Waals surface area contributed by atoms with E-state index in [-0.39, 0.29) is 11.9 Å². The highest BCUT2D eigenvalue weighted by molar-refractivity contribution is 5.96. The van der Waals surface area contributed by atoms with Gasteiger partial charge in [-0.05, 0) is 38.6 Å². The molecule has 1 saturated carbocycles. The van der Waals surface area contributed by atoms with E-state index >= 15 is 0 Å². The van der Waals surface area contributed by atoms with Crippen LogP contribution in [-0.4, -0.2) is 31.1 Å². The first-order valence-corrected chi connectivity index (χ1v) is 7.85. The van der Waals surface area contributed by atoms with Crippen LogP contribution in [-0.2, 0) is 4.79 Å². The lowest BCUT2D eigenvalue weighted by atomic mass is 9.81. The predicted molar refractivity (Wildman–Crippen MR) is 80.4 cm³/mol. The fourth-order valence-corrected chi connectivity index (χ4v) is 2.64. The lowest BCUT2D eigenvalue weighted by Crippen LogP contribution is -2.48. The Labute approximate surface area is 122 Å². The van der Waals surface area contributed by atoms with Crippen LogP contribution in [0.4, 0.5) is 4.79 Å². The average molecular weight is 283 g/mol. The third kappa shape index (κ3) is 6.37. The van der Waals surface area contributed by atoms with E-state index in [9.17, 15) is 9.59 Å². The van der Waals surface area contributed by atoms with Gasteiger partial charge in [-0.3, -0.25) is 10.1 Å². The van der Waals surface area contributed by atoms with E-state index in [2.05, 4.69) is 22.9 Å². The van der Waals surface area contributed by atoms with Crippen molar-refractivity contribution in [1.82, 2.24) is 16.0 Å². The minimum Gasteiger partial charge on any atom is -0.338 e. The molecule has 20 heavy (non-hydrogen) atoms. The standard InChI is InChI=1S/C15H29N3O2/c1-4-16-15(20)18-14(19)12(3)17-10-9-13-7-5-11(2)6-8-13/h11-13,17H,4-10H2,1-3H3,(H2,16,18,19,20). The van der Waals surface area contributed by atoms with Gasteiger partial charge in [-0.25, -0.2) is 4.79 Å². The number of hydrogen-bond acceptors (Lipinski definition) is 3. The van der Waals surface area contributed by atoms with Crippen molar-refractivity contribution in [2.75, 3.05) is 13.1 Å². The van der Waals surface area contributed by atoms with Crippen LogP contribution in [0, 0.1) is 11.8 Å². The van der Waals surface area contributed by atoms with E-state index in [0.29, 0.717) is 6.54 Å². The minimum atomic E-state index is -0.424. The molecule has 0 bridgehead atoms. The molecule has 5 nitrogen and oxygen atoms in total. The molecule has 0 aromatic carbocycles. The summed E-state index contributed by atoms with van der Waals surface area (Å²) in [4.78, 5) is 23.0. The average Bonchev–Trinajstić information content (AvgIpc) is 2.41. The van der Waals surface area contributed by atoms with Gasteiger partial charge in [-0.15, -0.1) is 0 Å². The highest BCUT2D eigenvalue weighted by Crippen LogP contribution is 2.29. The molecule has 1 unspecified atom stereocenters. The van der Waals surface area contributed by atoms with Crippen molar-refractivity contribution in [3.63, 3.8) is 0 Å². The quantitative estimate of drug-likeness (QED) is 0.698. The molecule has 1 fully saturated rings. The molecule has 0 radical (unpaired) electrons. The molecule has 116 valence electrons. The highest BCUT2D eigenvalue weighted by Gasteiger charge is 2.19. The third-order valence-corrected chi connectivity index (χ3v) is 4.11. The van der Waals surface area contributed by atoms with Gasteiger partial charge in [0, 0.05) is 6.54 Å². The summed E-state index contributed by atoms with van der Waals surface area (Å²) in [7, 11) is 0. The first-order valence-electron chi connectivity index (χ1n) is 7.85. The van der Waals surface area contributed by atoms with E-state index in [1.807, 2.05) is 6.92 Å². The number of amides is 3. The Morgan fingerprint density at radius 2 is 1.85 bits per heavy atom. The summed E-state index contributed by atoms with van der Waals surface area (Å²) in [5.74, 6) is 1.39. The zero-order valence-electron chi connectivity index (χ0n) is 13.0. The van der Waals surface area contributed by atoms with Crippen molar-refractivity contribution in [2.24, 2.45) is 11.8 Å². The number of hydrogen-bond donors (Lipinski definition) is 3. The molecule has 5 heteroatoms. The largest absolute Gasteiger partial charge is 0.338 e. The Bertz CT molecular complexity index is 312. The molecular weight excluding hydrogens is 254 g/mol. The predicted octanol–water partition coefficient (Wildman–Crippen LogP) is 2.03. The van der Waals surface area contributed by atoms with Crippen LogP contribution in [0.5, 0.6) is 0 Å². The summed E-state index contributed by atoms with van der Waals surface area (Å²) >= 11 is 0. The molecule has 0 saturated heterocycles. The molecule has 3 amide bonds. The lowest BCUT2D eigenvalue weighted by molar-refractivity contribution is -0.121.